The van der Waals surface area contributed by atoms with E-state index < -0.39 is 5.82 Å². The molecule has 3 N–H and O–H groups in total. The molecule has 2 bridgehead atoms. The van der Waals surface area contributed by atoms with E-state index in [1.807, 2.05) is 36.4 Å². The Morgan fingerprint density at radius 3 is 2.87 bits per heavy atom. The van der Waals surface area contributed by atoms with E-state index in [1.54, 1.807) is 24.5 Å². The summed E-state index contributed by atoms with van der Waals surface area (Å²) in [7, 11) is 1.41. The van der Waals surface area contributed by atoms with Crippen molar-refractivity contribution in [1.82, 2.24) is 15.3 Å². The van der Waals surface area contributed by atoms with Crippen molar-refractivity contribution < 1.29 is 23.4 Å². The molecule has 198 valence electrons. The molecule has 39 heavy (non-hydrogen) atoms. The number of nitrogens with one attached hydrogen (secondary N) is 3. The smallest absolute Gasteiger partial charge is 0.255 e. The van der Waals surface area contributed by atoms with E-state index in [2.05, 4.69) is 26.7 Å². The molecule has 2 aliphatic rings. The second kappa shape index (κ2) is 10.5. The van der Waals surface area contributed by atoms with Gasteiger partial charge in [0.05, 0.1) is 35.9 Å². The molecule has 2 aliphatic heterocycles. The average molecular weight is 527 g/mol. The van der Waals surface area contributed by atoms with Gasteiger partial charge in [-0.1, -0.05) is 36.4 Å². The summed E-state index contributed by atoms with van der Waals surface area (Å²) in [5.41, 5.74) is 4.39. The van der Waals surface area contributed by atoms with E-state index in [9.17, 15) is 9.18 Å². The molecule has 9 heteroatoms. The number of hydrogen-bond acceptors (Lipinski definition) is 6. The first-order valence-electron chi connectivity index (χ1n) is 12.7. The van der Waals surface area contributed by atoms with E-state index in [0.717, 1.165) is 17.0 Å². The average Bonchev–Trinajstić information content (AvgIpc) is 3.33. The molecular weight excluding hydrogens is 499 g/mol. The van der Waals surface area contributed by atoms with E-state index in [4.69, 9.17) is 14.2 Å². The van der Waals surface area contributed by atoms with Crippen LogP contribution in [-0.4, -0.2) is 36.1 Å². The van der Waals surface area contributed by atoms with Gasteiger partial charge in [0.15, 0.2) is 11.6 Å². The lowest BCUT2D eigenvalue weighted by Gasteiger charge is -2.23. The van der Waals surface area contributed by atoms with Crippen LogP contribution in [0.15, 0.2) is 73.1 Å². The number of aromatic amines is 1. The third kappa shape index (κ3) is 4.67. The monoisotopic (exact) mass is 526 g/mol. The predicted molar refractivity (Wildman–Crippen MR) is 145 cm³/mol. The number of fused-ring (bicyclic) bond motifs is 4. The zero-order chi connectivity index (χ0) is 26.8. The van der Waals surface area contributed by atoms with Crippen molar-refractivity contribution in [1.29, 1.82) is 0 Å². The standard InChI is InChI=1S/C30H27FN4O4/c1-37-29-21(31)9-6-10-22(29)34-28-25-26-18(15-33-30(25)36)7-4-5-14-38-23-11-3-2-8-19(23)17-39-24-16-32-13-12-20(24)27(28)35-26/h2-6,8-13,16,18,34-35H,7,14-15,17H2,1H3,(H,33,36)/b5-4-. The maximum Gasteiger partial charge on any atom is 0.255 e. The molecule has 8 nitrogen and oxygen atoms in total. The normalized spacial score (nSPS) is 17.2. The van der Waals surface area contributed by atoms with Gasteiger partial charge in [-0.2, -0.15) is 0 Å². The number of nitrogens with zero attached hydrogens (tertiary/aromatic N) is 1. The van der Waals surface area contributed by atoms with Crippen LogP contribution in [0.1, 0.15) is 34.0 Å². The van der Waals surface area contributed by atoms with Crippen LogP contribution in [0.5, 0.6) is 17.2 Å². The summed E-state index contributed by atoms with van der Waals surface area (Å²) in [6, 6.07) is 14.2. The van der Waals surface area contributed by atoms with Gasteiger partial charge in [-0.25, -0.2) is 4.39 Å². The van der Waals surface area contributed by atoms with Crippen molar-refractivity contribution in [3.05, 3.63) is 95.7 Å². The summed E-state index contributed by atoms with van der Waals surface area (Å²) >= 11 is 0. The number of carbonyl (C=O) groups excluding carboxylic acids is 1. The number of amides is 1. The molecule has 2 aromatic carbocycles. The Morgan fingerprint density at radius 1 is 1.08 bits per heavy atom. The van der Waals surface area contributed by atoms with Gasteiger partial charge in [-0.3, -0.25) is 9.78 Å². The topological polar surface area (TPSA) is 97.5 Å². The molecule has 0 radical (unpaired) electrons. The number of pyridine rings is 1. The zero-order valence-corrected chi connectivity index (χ0v) is 21.3. The largest absolute Gasteiger partial charge is 0.492 e. The van der Waals surface area contributed by atoms with Gasteiger partial charge in [0.25, 0.3) is 5.91 Å². The summed E-state index contributed by atoms with van der Waals surface area (Å²) in [6.45, 7) is 1.13. The third-order valence-electron chi connectivity index (χ3n) is 6.94. The Morgan fingerprint density at radius 2 is 1.97 bits per heavy atom. The van der Waals surface area contributed by atoms with Crippen molar-refractivity contribution >= 4 is 17.3 Å². The van der Waals surface area contributed by atoms with Gasteiger partial charge < -0.3 is 29.8 Å². The zero-order valence-electron chi connectivity index (χ0n) is 21.3. The molecule has 0 spiro atoms. The molecule has 0 aliphatic carbocycles. The van der Waals surface area contributed by atoms with Crippen LogP contribution in [-0.2, 0) is 6.61 Å². The van der Waals surface area contributed by atoms with E-state index in [0.29, 0.717) is 53.5 Å². The summed E-state index contributed by atoms with van der Waals surface area (Å²) in [4.78, 5) is 21.1. The number of halogens is 1. The van der Waals surface area contributed by atoms with E-state index in [1.165, 1.54) is 13.2 Å². The Kier molecular flexibility index (Phi) is 6.62. The minimum absolute atomic E-state index is 0.0127. The fourth-order valence-corrected chi connectivity index (χ4v) is 5.03. The number of aromatic nitrogens is 2. The van der Waals surface area contributed by atoms with Crippen molar-refractivity contribution in [3.63, 3.8) is 0 Å². The lowest BCUT2D eigenvalue weighted by Crippen LogP contribution is -2.34. The van der Waals surface area contributed by atoms with E-state index in [-0.39, 0.29) is 24.2 Å². The lowest BCUT2D eigenvalue weighted by molar-refractivity contribution is 0.0941. The molecule has 2 aromatic heterocycles. The maximum absolute atomic E-state index is 14.6. The fourth-order valence-electron chi connectivity index (χ4n) is 5.03. The number of hydrogen-bond donors (Lipinski definition) is 3. The van der Waals surface area contributed by atoms with Crippen molar-refractivity contribution in [2.24, 2.45) is 0 Å². The van der Waals surface area contributed by atoms with Crippen LogP contribution < -0.4 is 24.8 Å². The molecular formula is C30H27FN4O4. The van der Waals surface area contributed by atoms with Gasteiger partial charge >= 0.3 is 0 Å². The van der Waals surface area contributed by atoms with Crippen molar-refractivity contribution in [2.75, 3.05) is 25.6 Å². The van der Waals surface area contributed by atoms with Gasteiger partial charge in [0, 0.05) is 35.5 Å². The highest BCUT2D eigenvalue weighted by Crippen LogP contribution is 2.44. The highest BCUT2D eigenvalue weighted by atomic mass is 19.1. The van der Waals surface area contributed by atoms with Crippen molar-refractivity contribution in [2.45, 2.75) is 18.9 Å². The first-order chi connectivity index (χ1) is 19.1. The van der Waals surface area contributed by atoms with Crippen LogP contribution in [0.25, 0.3) is 11.3 Å². The quantitative estimate of drug-likeness (QED) is 0.296. The highest BCUT2D eigenvalue weighted by Gasteiger charge is 2.33. The first-order valence-corrected chi connectivity index (χ1v) is 12.7. The van der Waals surface area contributed by atoms with Crippen LogP contribution in [0, 0.1) is 5.82 Å². The molecule has 4 heterocycles. The maximum atomic E-state index is 14.6. The predicted octanol–water partition coefficient (Wildman–Crippen LogP) is 5.71. The minimum atomic E-state index is -0.510. The van der Waals surface area contributed by atoms with Gasteiger partial charge in [-0.15, -0.1) is 0 Å². The number of carbonyl (C=O) groups is 1. The minimum Gasteiger partial charge on any atom is -0.492 e. The number of methoxy groups -OCH3 is 1. The number of ether oxygens (including phenoxy) is 3. The molecule has 0 saturated heterocycles. The molecule has 1 unspecified atom stereocenters. The third-order valence-corrected chi connectivity index (χ3v) is 6.94. The SMILES string of the molecule is COc1c(F)cccc1Nc1c2[nH]c3c1C(=O)NCC3C/C=C\COc1ccccc1COc1cnccc1-2. The highest BCUT2D eigenvalue weighted by molar-refractivity contribution is 6.07. The molecule has 1 amide bonds. The number of benzene rings is 2. The van der Waals surface area contributed by atoms with Gasteiger partial charge in [0.2, 0.25) is 0 Å². The number of allylic oxidation sites excluding steroid dienone is 1. The lowest BCUT2D eigenvalue weighted by atomic mass is 9.93. The number of H-pyrrole nitrogens is 1. The van der Waals surface area contributed by atoms with Crippen molar-refractivity contribution in [3.8, 4) is 28.5 Å². The fraction of sp³-hybridized carbons (Fsp3) is 0.200. The molecule has 0 fully saturated rings. The summed E-state index contributed by atoms with van der Waals surface area (Å²) in [6.07, 6.45) is 8.03. The molecule has 4 aromatic rings. The summed E-state index contributed by atoms with van der Waals surface area (Å²) < 4.78 is 32.2. The molecule has 1 atom stereocenters. The number of anilines is 2. The Bertz CT molecular complexity index is 1560. The second-order valence-electron chi connectivity index (χ2n) is 9.30. The van der Waals surface area contributed by atoms with Gasteiger partial charge in [-0.05, 0) is 30.7 Å². The van der Waals surface area contributed by atoms with Crippen LogP contribution in [0.3, 0.4) is 0 Å². The molecule has 0 saturated carbocycles. The van der Waals surface area contributed by atoms with E-state index >= 15 is 0 Å². The number of para-hydroxylation sites is 2. The van der Waals surface area contributed by atoms with Crippen LogP contribution in [0.4, 0.5) is 15.8 Å². The van der Waals surface area contributed by atoms with Crippen LogP contribution >= 0.6 is 0 Å². The van der Waals surface area contributed by atoms with Gasteiger partial charge in [0.1, 0.15) is 24.7 Å². The second-order valence-corrected chi connectivity index (χ2v) is 9.30. The summed E-state index contributed by atoms with van der Waals surface area (Å²) in [5.74, 6) is 0.576. The Balaban J connectivity index is 1.53. The molecule has 6 rings (SSSR count). The van der Waals surface area contributed by atoms with Crippen LogP contribution in [0.2, 0.25) is 0 Å². The Labute approximate surface area is 224 Å². The first kappa shape index (κ1) is 24.5. The number of rotatable bonds is 3. The Hall–Kier alpha value is -4.79. The summed E-state index contributed by atoms with van der Waals surface area (Å²) in [5, 5.41) is 6.31.